The van der Waals surface area contributed by atoms with Crippen LogP contribution in [0.15, 0.2) is 23.1 Å². The molecule has 0 aliphatic carbocycles. The molecule has 0 unspecified atom stereocenters. The van der Waals surface area contributed by atoms with Crippen LogP contribution in [0, 0.1) is 10.1 Å². The average Bonchev–Trinajstić information content (AvgIpc) is 2.15. The Morgan fingerprint density at radius 1 is 1.40 bits per heavy atom. The minimum Gasteiger partial charge on any atom is -0.744 e. The van der Waals surface area contributed by atoms with E-state index in [0.717, 1.165) is 12.1 Å². The summed E-state index contributed by atoms with van der Waals surface area (Å²) >= 11 is 0. The van der Waals surface area contributed by atoms with Crippen molar-refractivity contribution >= 4 is 15.8 Å². The summed E-state index contributed by atoms with van der Waals surface area (Å²) in [6, 6.07) is 2.68. The molecule has 0 amide bonds. The second-order valence-electron chi connectivity index (χ2n) is 2.54. The van der Waals surface area contributed by atoms with E-state index >= 15 is 0 Å². The molecule has 0 aliphatic heterocycles. The van der Waals surface area contributed by atoms with E-state index in [1.54, 1.807) is 0 Å². The zero-order valence-corrected chi connectivity index (χ0v) is 8.35. The SMILES string of the molecule is COc1ccc(S(=O)(=O)[O-])cc1[N+](=O)[O-]. The van der Waals surface area contributed by atoms with Gasteiger partial charge in [0.2, 0.25) is 0 Å². The van der Waals surface area contributed by atoms with Gasteiger partial charge in [0.25, 0.3) is 0 Å². The van der Waals surface area contributed by atoms with E-state index in [-0.39, 0.29) is 5.75 Å². The zero-order valence-electron chi connectivity index (χ0n) is 7.54. The van der Waals surface area contributed by atoms with E-state index < -0.39 is 25.6 Å². The van der Waals surface area contributed by atoms with Crippen LogP contribution in [0.4, 0.5) is 5.69 Å². The number of ether oxygens (including phenoxy) is 1. The van der Waals surface area contributed by atoms with Gasteiger partial charge in [0.05, 0.1) is 16.9 Å². The lowest BCUT2D eigenvalue weighted by molar-refractivity contribution is -0.386. The number of hydrogen-bond acceptors (Lipinski definition) is 6. The molecule has 0 atom stereocenters. The molecule has 0 saturated carbocycles. The lowest BCUT2D eigenvalue weighted by Gasteiger charge is -2.07. The van der Waals surface area contributed by atoms with Crippen molar-refractivity contribution in [1.29, 1.82) is 0 Å². The first kappa shape index (κ1) is 11.4. The monoisotopic (exact) mass is 232 g/mol. The molecule has 1 aromatic carbocycles. The summed E-state index contributed by atoms with van der Waals surface area (Å²) < 4.78 is 36.4. The molecule has 0 saturated heterocycles. The molecule has 1 rings (SSSR count). The summed E-state index contributed by atoms with van der Waals surface area (Å²) in [4.78, 5) is 9.01. The van der Waals surface area contributed by atoms with Crippen LogP contribution in [-0.4, -0.2) is 25.0 Å². The van der Waals surface area contributed by atoms with Crippen LogP contribution in [0.3, 0.4) is 0 Å². The van der Waals surface area contributed by atoms with Gasteiger partial charge in [-0.2, -0.15) is 0 Å². The lowest BCUT2D eigenvalue weighted by atomic mass is 10.3. The van der Waals surface area contributed by atoms with E-state index in [1.807, 2.05) is 0 Å². The maximum absolute atomic E-state index is 10.6. The Bertz CT molecular complexity index is 494. The number of hydrogen-bond donors (Lipinski definition) is 0. The molecule has 82 valence electrons. The predicted molar refractivity (Wildman–Crippen MR) is 47.6 cm³/mol. The molecule has 0 radical (unpaired) electrons. The van der Waals surface area contributed by atoms with Gasteiger partial charge in [-0.05, 0) is 12.1 Å². The number of nitro groups is 1. The number of nitro benzene ring substituents is 1. The highest BCUT2D eigenvalue weighted by atomic mass is 32.2. The van der Waals surface area contributed by atoms with Gasteiger partial charge < -0.3 is 9.29 Å². The van der Waals surface area contributed by atoms with Crippen molar-refractivity contribution in [2.75, 3.05) is 7.11 Å². The van der Waals surface area contributed by atoms with Gasteiger partial charge in [-0.15, -0.1) is 0 Å². The molecule has 0 N–H and O–H groups in total. The fourth-order valence-corrected chi connectivity index (χ4v) is 1.46. The number of methoxy groups -OCH3 is 1. The Hall–Kier alpha value is -1.67. The molecule has 0 spiro atoms. The van der Waals surface area contributed by atoms with Crippen molar-refractivity contribution in [2.24, 2.45) is 0 Å². The zero-order chi connectivity index (χ0) is 11.6. The number of nitrogens with zero attached hydrogens (tertiary/aromatic N) is 1. The summed E-state index contributed by atoms with van der Waals surface area (Å²) in [7, 11) is -3.49. The highest BCUT2D eigenvalue weighted by Crippen LogP contribution is 2.28. The van der Waals surface area contributed by atoms with Gasteiger partial charge in [0.1, 0.15) is 10.1 Å². The summed E-state index contributed by atoms with van der Waals surface area (Å²) in [5.41, 5.74) is -0.561. The van der Waals surface area contributed by atoms with E-state index in [2.05, 4.69) is 4.74 Å². The van der Waals surface area contributed by atoms with Crippen molar-refractivity contribution in [2.45, 2.75) is 4.90 Å². The molecule has 0 aromatic heterocycles. The van der Waals surface area contributed by atoms with Crippen molar-refractivity contribution < 1.29 is 22.6 Å². The summed E-state index contributed by atoms with van der Waals surface area (Å²) in [5.74, 6) is -0.104. The topological polar surface area (TPSA) is 110 Å². The second kappa shape index (κ2) is 3.83. The van der Waals surface area contributed by atoms with Crippen LogP contribution in [0.25, 0.3) is 0 Å². The maximum Gasteiger partial charge on any atom is 0.312 e. The summed E-state index contributed by atoms with van der Waals surface area (Å²) in [6.07, 6.45) is 0. The third-order valence-electron chi connectivity index (χ3n) is 1.64. The van der Waals surface area contributed by atoms with Gasteiger partial charge in [0, 0.05) is 6.07 Å². The quantitative estimate of drug-likeness (QED) is 0.426. The first-order chi connectivity index (χ1) is 6.86. The van der Waals surface area contributed by atoms with Gasteiger partial charge in [-0.3, -0.25) is 10.1 Å². The van der Waals surface area contributed by atoms with Crippen molar-refractivity contribution in [3.05, 3.63) is 28.3 Å². The van der Waals surface area contributed by atoms with Crippen LogP contribution in [0.2, 0.25) is 0 Å². The molecule has 7 nitrogen and oxygen atoms in total. The minimum atomic E-state index is -4.69. The molecule has 8 heteroatoms. The molecule has 1 aromatic rings. The molecule has 0 heterocycles. The predicted octanol–water partition coefficient (Wildman–Crippen LogP) is 0.507. The molecule has 0 aliphatic rings. The highest BCUT2D eigenvalue weighted by Gasteiger charge is 2.17. The van der Waals surface area contributed by atoms with E-state index in [9.17, 15) is 23.1 Å². The normalized spacial score (nSPS) is 11.1. The van der Waals surface area contributed by atoms with E-state index in [4.69, 9.17) is 0 Å². The van der Waals surface area contributed by atoms with Crippen LogP contribution in [0.5, 0.6) is 5.75 Å². The third-order valence-corrected chi connectivity index (χ3v) is 2.47. The van der Waals surface area contributed by atoms with Crippen molar-refractivity contribution in [3.8, 4) is 5.75 Å². The first-order valence-corrected chi connectivity index (χ1v) is 5.05. The van der Waals surface area contributed by atoms with Gasteiger partial charge in [0.15, 0.2) is 5.75 Å². The fraction of sp³-hybridized carbons (Fsp3) is 0.143. The van der Waals surface area contributed by atoms with E-state index in [0.29, 0.717) is 6.07 Å². The molecular formula is C7H6NO6S-. The van der Waals surface area contributed by atoms with Gasteiger partial charge >= 0.3 is 5.69 Å². The van der Waals surface area contributed by atoms with Crippen molar-refractivity contribution in [1.82, 2.24) is 0 Å². The van der Waals surface area contributed by atoms with Gasteiger partial charge in [-0.25, -0.2) is 8.42 Å². The Morgan fingerprint density at radius 2 is 2.00 bits per heavy atom. The Labute approximate surface area is 85.2 Å². The highest BCUT2D eigenvalue weighted by molar-refractivity contribution is 7.85. The molecule has 0 fully saturated rings. The summed E-state index contributed by atoms with van der Waals surface area (Å²) in [6.45, 7) is 0. The third kappa shape index (κ3) is 2.42. The van der Waals surface area contributed by atoms with Crippen molar-refractivity contribution in [3.63, 3.8) is 0 Å². The molecular weight excluding hydrogens is 226 g/mol. The lowest BCUT2D eigenvalue weighted by Crippen LogP contribution is -2.01. The second-order valence-corrected chi connectivity index (χ2v) is 3.92. The Kier molecular flexibility index (Phi) is 2.91. The van der Waals surface area contributed by atoms with E-state index in [1.165, 1.54) is 7.11 Å². The first-order valence-electron chi connectivity index (χ1n) is 3.64. The standard InChI is InChI=1S/C7H7NO6S/c1-14-7-3-2-5(15(11,12)13)4-6(7)8(9)10/h2-4H,1H3,(H,11,12,13)/p-1. The van der Waals surface area contributed by atoms with Crippen LogP contribution in [0.1, 0.15) is 0 Å². The van der Waals surface area contributed by atoms with Crippen LogP contribution in [-0.2, 0) is 10.1 Å². The molecule has 0 bridgehead atoms. The number of rotatable bonds is 3. The van der Waals surface area contributed by atoms with Gasteiger partial charge in [-0.1, -0.05) is 0 Å². The van der Waals surface area contributed by atoms with Crippen LogP contribution < -0.4 is 4.74 Å². The maximum atomic E-state index is 10.6. The molecule has 15 heavy (non-hydrogen) atoms. The Balaban J connectivity index is 3.42. The average molecular weight is 232 g/mol. The smallest absolute Gasteiger partial charge is 0.312 e. The minimum absolute atomic E-state index is 0.104. The number of benzene rings is 1. The largest absolute Gasteiger partial charge is 0.744 e. The Morgan fingerprint density at radius 3 is 2.40 bits per heavy atom. The fourth-order valence-electron chi connectivity index (χ4n) is 0.968. The summed E-state index contributed by atoms with van der Waals surface area (Å²) in [5, 5.41) is 10.5. The van der Waals surface area contributed by atoms with Crippen LogP contribution >= 0.6 is 0 Å².